The summed E-state index contributed by atoms with van der Waals surface area (Å²) in [5.41, 5.74) is 2.67. The number of methoxy groups -OCH3 is 2. The first-order chi connectivity index (χ1) is 20.4. The number of urea groups is 1. The van der Waals surface area contributed by atoms with E-state index < -0.39 is 18.0 Å². The van der Waals surface area contributed by atoms with Crippen molar-refractivity contribution in [2.75, 3.05) is 25.7 Å². The van der Waals surface area contributed by atoms with Crippen LogP contribution in [-0.4, -0.2) is 49.4 Å². The second kappa shape index (κ2) is 15.3. The Hall–Kier alpha value is -3.30. The predicted octanol–water partition coefficient (Wildman–Crippen LogP) is 6.53. The highest BCUT2D eigenvalue weighted by molar-refractivity contribution is 7.16. The summed E-state index contributed by atoms with van der Waals surface area (Å²) >= 11 is 1.27. The molecule has 0 bridgehead atoms. The average Bonchev–Trinajstić information content (AvgIpc) is 3.58. The Labute approximate surface area is 252 Å². The lowest BCUT2D eigenvalue weighted by Crippen LogP contribution is -2.38. The van der Waals surface area contributed by atoms with Crippen molar-refractivity contribution < 1.29 is 33.3 Å². The Kier molecular flexibility index (Phi) is 11.5. The quantitative estimate of drug-likeness (QED) is 0.0834. The summed E-state index contributed by atoms with van der Waals surface area (Å²) in [6.45, 7) is 2.85. The molecule has 11 heteroatoms. The molecular formula is C31H37N2O7PS. The molecule has 0 radical (unpaired) electrons. The van der Waals surface area contributed by atoms with Crippen molar-refractivity contribution in [1.29, 1.82) is 0 Å². The fourth-order valence-corrected chi connectivity index (χ4v) is 5.84. The molecule has 0 N–H and O–H groups in total. The summed E-state index contributed by atoms with van der Waals surface area (Å²) in [6, 6.07) is 17.7. The van der Waals surface area contributed by atoms with Crippen LogP contribution in [-0.2, 0) is 32.2 Å². The molecule has 224 valence electrons. The number of imide groups is 1. The number of hydrogen-bond donors (Lipinski definition) is 0. The molecule has 2 heterocycles. The van der Waals surface area contributed by atoms with Gasteiger partial charge in [-0.2, -0.15) is 0 Å². The summed E-state index contributed by atoms with van der Waals surface area (Å²) in [4.78, 5) is 40.4. The zero-order valence-corrected chi connectivity index (χ0v) is 26.1. The smallest absolute Gasteiger partial charge is 0.348 e. The van der Waals surface area contributed by atoms with Crippen LogP contribution in [0.5, 0.6) is 5.75 Å². The number of rotatable bonds is 15. The molecule has 0 saturated carbocycles. The SMILES string of the molecule is CCCCCC(OCc1ccc(OC)cc1)c1ccc(N2C(=O)N(P)C(=O)[C@@H]2COCc2ccc(C(=O)OC)s2)cc1. The zero-order valence-electron chi connectivity index (χ0n) is 24.1. The number of benzene rings is 2. The molecule has 1 aliphatic rings. The molecule has 2 aromatic carbocycles. The van der Waals surface area contributed by atoms with Crippen molar-refractivity contribution in [2.24, 2.45) is 0 Å². The van der Waals surface area contributed by atoms with Crippen molar-refractivity contribution in [1.82, 2.24) is 4.67 Å². The Morgan fingerprint density at radius 2 is 1.71 bits per heavy atom. The van der Waals surface area contributed by atoms with E-state index in [0.29, 0.717) is 17.2 Å². The number of ether oxygens (including phenoxy) is 4. The van der Waals surface area contributed by atoms with Crippen LogP contribution < -0.4 is 9.64 Å². The van der Waals surface area contributed by atoms with Gasteiger partial charge in [-0.1, -0.05) is 50.5 Å². The minimum Gasteiger partial charge on any atom is -0.497 e. The molecule has 2 unspecified atom stereocenters. The van der Waals surface area contributed by atoms with E-state index >= 15 is 0 Å². The number of amides is 3. The first-order valence-electron chi connectivity index (χ1n) is 13.9. The van der Waals surface area contributed by atoms with E-state index in [2.05, 4.69) is 16.3 Å². The van der Waals surface area contributed by atoms with Crippen LogP contribution in [0.4, 0.5) is 10.5 Å². The van der Waals surface area contributed by atoms with E-state index in [1.807, 2.05) is 48.5 Å². The number of carbonyl (C=O) groups excluding carboxylic acids is 3. The Balaban J connectivity index is 1.44. The summed E-state index contributed by atoms with van der Waals surface area (Å²) in [6.07, 6.45) is 4.04. The van der Waals surface area contributed by atoms with Gasteiger partial charge < -0.3 is 18.9 Å². The van der Waals surface area contributed by atoms with E-state index in [4.69, 9.17) is 18.9 Å². The van der Waals surface area contributed by atoms with Crippen LogP contribution in [0.25, 0.3) is 0 Å². The van der Waals surface area contributed by atoms with E-state index in [1.54, 1.807) is 19.2 Å². The highest BCUT2D eigenvalue weighted by Gasteiger charge is 2.44. The minimum absolute atomic E-state index is 0.00724. The monoisotopic (exact) mass is 612 g/mol. The number of carbonyl (C=O) groups is 3. The second-order valence-corrected chi connectivity index (χ2v) is 11.6. The predicted molar refractivity (Wildman–Crippen MR) is 165 cm³/mol. The van der Waals surface area contributed by atoms with Gasteiger partial charge in [0, 0.05) is 10.6 Å². The standard InChI is InChI=1S/C31H37N2O7PS/c1-4-5-6-7-27(40-18-21-8-14-24(37-2)15-9-21)22-10-12-23(13-11-22)32-26(29(34)33(41)31(32)36)20-39-19-25-16-17-28(42-25)30(35)38-3/h8-17,26-27H,4-7,18-20,41H2,1-3H3/t26-,27?/m0/s1. The first kappa shape index (κ1) is 31.6. The van der Waals surface area contributed by atoms with Crippen molar-refractivity contribution in [3.8, 4) is 5.75 Å². The molecule has 1 aliphatic heterocycles. The van der Waals surface area contributed by atoms with Crippen molar-refractivity contribution in [3.63, 3.8) is 0 Å². The maximum Gasteiger partial charge on any atom is 0.348 e. The Morgan fingerprint density at radius 3 is 2.38 bits per heavy atom. The van der Waals surface area contributed by atoms with E-state index in [9.17, 15) is 14.4 Å². The average molecular weight is 613 g/mol. The lowest BCUT2D eigenvalue weighted by Gasteiger charge is -2.23. The third-order valence-corrected chi connectivity index (χ3v) is 8.55. The molecule has 3 amide bonds. The van der Waals surface area contributed by atoms with Crippen LogP contribution in [0.3, 0.4) is 0 Å². The summed E-state index contributed by atoms with van der Waals surface area (Å²) in [7, 11) is 5.17. The van der Waals surface area contributed by atoms with Gasteiger partial charge in [-0.3, -0.25) is 9.69 Å². The lowest BCUT2D eigenvalue weighted by atomic mass is 10.0. The molecule has 3 atom stereocenters. The maximum atomic E-state index is 13.0. The van der Waals surface area contributed by atoms with Crippen molar-refractivity contribution >= 4 is 44.3 Å². The maximum absolute atomic E-state index is 13.0. The van der Waals surface area contributed by atoms with Gasteiger partial charge in [0.15, 0.2) is 0 Å². The number of unbranched alkanes of at least 4 members (excludes halogenated alkanes) is 2. The Bertz CT molecular complexity index is 1350. The van der Waals surface area contributed by atoms with Gasteiger partial charge in [-0.25, -0.2) is 14.3 Å². The van der Waals surface area contributed by atoms with Gasteiger partial charge in [0.1, 0.15) is 16.7 Å². The van der Waals surface area contributed by atoms with Gasteiger partial charge in [0.25, 0.3) is 5.91 Å². The fourth-order valence-electron chi connectivity index (χ4n) is 4.68. The molecular weight excluding hydrogens is 575 g/mol. The van der Waals surface area contributed by atoms with Gasteiger partial charge in [-0.05, 0) is 63.3 Å². The molecule has 9 nitrogen and oxygen atoms in total. The molecule has 4 rings (SSSR count). The van der Waals surface area contributed by atoms with E-state index in [1.165, 1.54) is 23.3 Å². The van der Waals surface area contributed by atoms with Crippen LogP contribution >= 0.6 is 20.7 Å². The third-order valence-electron chi connectivity index (χ3n) is 7.04. The van der Waals surface area contributed by atoms with Crippen LogP contribution in [0.1, 0.15) is 64.4 Å². The largest absolute Gasteiger partial charge is 0.497 e. The number of nitrogens with zero attached hydrogens (tertiary/aromatic N) is 2. The molecule has 1 fully saturated rings. The number of anilines is 1. The minimum atomic E-state index is -0.812. The lowest BCUT2D eigenvalue weighted by molar-refractivity contribution is -0.125. The van der Waals surface area contributed by atoms with Crippen LogP contribution in [0, 0.1) is 0 Å². The highest BCUT2D eigenvalue weighted by Crippen LogP contribution is 2.32. The van der Waals surface area contributed by atoms with Crippen LogP contribution in [0.15, 0.2) is 60.7 Å². The van der Waals surface area contributed by atoms with Crippen LogP contribution in [0.2, 0.25) is 0 Å². The van der Waals surface area contributed by atoms with Crippen molar-refractivity contribution in [2.45, 2.75) is 58.0 Å². The third kappa shape index (κ3) is 7.75. The molecule has 0 spiro atoms. The highest BCUT2D eigenvalue weighted by atomic mass is 32.1. The molecule has 1 saturated heterocycles. The normalized spacial score (nSPS) is 15.8. The van der Waals surface area contributed by atoms with Crippen molar-refractivity contribution in [3.05, 3.63) is 81.5 Å². The van der Waals surface area contributed by atoms with E-state index in [-0.39, 0.29) is 25.2 Å². The van der Waals surface area contributed by atoms with E-state index in [0.717, 1.165) is 52.1 Å². The molecule has 3 aromatic rings. The molecule has 42 heavy (non-hydrogen) atoms. The topological polar surface area (TPSA) is 94.6 Å². The van der Waals surface area contributed by atoms with Gasteiger partial charge in [0.2, 0.25) is 0 Å². The van der Waals surface area contributed by atoms with Gasteiger partial charge in [0.05, 0.1) is 40.1 Å². The summed E-state index contributed by atoms with van der Waals surface area (Å²) < 4.78 is 23.2. The molecule has 1 aromatic heterocycles. The van der Waals surface area contributed by atoms with Gasteiger partial charge >= 0.3 is 12.0 Å². The number of hydrogen-bond acceptors (Lipinski definition) is 8. The first-order valence-corrected chi connectivity index (χ1v) is 15.2. The van der Waals surface area contributed by atoms with Gasteiger partial charge in [-0.15, -0.1) is 11.3 Å². The number of thiophene rings is 1. The number of esters is 1. The summed E-state index contributed by atoms with van der Waals surface area (Å²) in [5.74, 6) is 0.0290. The molecule has 0 aliphatic carbocycles. The zero-order chi connectivity index (χ0) is 30.1. The fraction of sp³-hybridized carbons (Fsp3) is 0.387. The summed E-state index contributed by atoms with van der Waals surface area (Å²) in [5, 5.41) is 0. The Morgan fingerprint density at radius 1 is 0.976 bits per heavy atom. The second-order valence-electron chi connectivity index (χ2n) is 9.88.